The third-order valence-electron chi connectivity index (χ3n) is 1.85. The Morgan fingerprint density at radius 3 is 2.50 bits per heavy atom. The zero-order valence-electron chi connectivity index (χ0n) is 9.53. The van der Waals surface area contributed by atoms with E-state index in [0.717, 1.165) is 0 Å². The number of aliphatic carboxylic acids is 1. The summed E-state index contributed by atoms with van der Waals surface area (Å²) in [5.74, 6) is -1.60. The van der Waals surface area contributed by atoms with Crippen molar-refractivity contribution in [2.45, 2.75) is 32.5 Å². The highest BCUT2D eigenvalue weighted by Crippen LogP contribution is 2.24. The SMILES string of the molecule is CC(C)(C)OC(C(=O)O)c1cccc(F)c1. The second-order valence-corrected chi connectivity index (χ2v) is 4.50. The maximum atomic E-state index is 13.0. The van der Waals surface area contributed by atoms with Gasteiger partial charge in [-0.05, 0) is 38.5 Å². The van der Waals surface area contributed by atoms with E-state index in [0.29, 0.717) is 5.56 Å². The average Bonchev–Trinajstić information content (AvgIpc) is 2.12. The van der Waals surface area contributed by atoms with Crippen LogP contribution in [0.2, 0.25) is 0 Å². The van der Waals surface area contributed by atoms with Gasteiger partial charge in [0, 0.05) is 0 Å². The van der Waals surface area contributed by atoms with Crippen LogP contribution < -0.4 is 0 Å². The van der Waals surface area contributed by atoms with Crippen LogP contribution in [0, 0.1) is 5.82 Å². The van der Waals surface area contributed by atoms with Crippen molar-refractivity contribution in [1.29, 1.82) is 0 Å². The number of carboxylic acids is 1. The van der Waals surface area contributed by atoms with Crippen molar-refractivity contribution in [3.05, 3.63) is 35.6 Å². The number of ether oxygens (including phenoxy) is 1. The molecule has 1 aromatic carbocycles. The molecule has 0 heterocycles. The molecular formula is C12H15FO3. The maximum Gasteiger partial charge on any atom is 0.337 e. The van der Waals surface area contributed by atoms with E-state index < -0.39 is 23.5 Å². The van der Waals surface area contributed by atoms with Gasteiger partial charge in [0.1, 0.15) is 5.82 Å². The quantitative estimate of drug-likeness (QED) is 0.862. The molecule has 0 bridgehead atoms. The van der Waals surface area contributed by atoms with Crippen LogP contribution in [0.3, 0.4) is 0 Å². The fraction of sp³-hybridized carbons (Fsp3) is 0.417. The lowest BCUT2D eigenvalue weighted by atomic mass is 10.1. The number of hydrogen-bond acceptors (Lipinski definition) is 2. The summed E-state index contributed by atoms with van der Waals surface area (Å²) >= 11 is 0. The molecule has 0 aliphatic rings. The number of carboxylic acid groups (broad SMARTS) is 1. The van der Waals surface area contributed by atoms with Crippen LogP contribution in [0.15, 0.2) is 24.3 Å². The zero-order chi connectivity index (χ0) is 12.3. The summed E-state index contributed by atoms with van der Waals surface area (Å²) < 4.78 is 18.3. The minimum absolute atomic E-state index is 0.308. The van der Waals surface area contributed by atoms with Gasteiger partial charge in [-0.15, -0.1) is 0 Å². The molecule has 0 aliphatic carbocycles. The predicted octanol–water partition coefficient (Wildman–Crippen LogP) is 2.77. The summed E-state index contributed by atoms with van der Waals surface area (Å²) in [6.07, 6.45) is -1.14. The largest absolute Gasteiger partial charge is 0.479 e. The van der Waals surface area contributed by atoms with E-state index in [9.17, 15) is 9.18 Å². The van der Waals surface area contributed by atoms with Gasteiger partial charge >= 0.3 is 5.97 Å². The fourth-order valence-electron chi connectivity index (χ4n) is 1.28. The Balaban J connectivity index is 2.99. The standard InChI is InChI=1S/C12H15FO3/c1-12(2,3)16-10(11(14)15)8-5-4-6-9(13)7-8/h4-7,10H,1-3H3,(H,14,15). The Morgan fingerprint density at radius 2 is 2.06 bits per heavy atom. The van der Waals surface area contributed by atoms with E-state index in [1.165, 1.54) is 24.3 Å². The van der Waals surface area contributed by atoms with Crippen LogP contribution in [-0.4, -0.2) is 16.7 Å². The molecule has 0 fully saturated rings. The highest BCUT2D eigenvalue weighted by Gasteiger charge is 2.26. The number of halogens is 1. The Labute approximate surface area is 93.9 Å². The van der Waals surface area contributed by atoms with Gasteiger partial charge in [-0.3, -0.25) is 0 Å². The summed E-state index contributed by atoms with van der Waals surface area (Å²) in [5.41, 5.74) is -0.294. The summed E-state index contributed by atoms with van der Waals surface area (Å²) in [7, 11) is 0. The van der Waals surface area contributed by atoms with Crippen LogP contribution >= 0.6 is 0 Å². The third kappa shape index (κ3) is 3.62. The molecule has 1 atom stereocenters. The molecule has 1 rings (SSSR count). The molecule has 0 saturated carbocycles. The number of rotatable bonds is 3. The third-order valence-corrected chi connectivity index (χ3v) is 1.85. The minimum atomic E-state index is -1.14. The van der Waals surface area contributed by atoms with Gasteiger partial charge in [0.15, 0.2) is 6.10 Å². The maximum absolute atomic E-state index is 13.0. The van der Waals surface area contributed by atoms with Crippen LogP contribution in [0.4, 0.5) is 4.39 Å². The smallest absolute Gasteiger partial charge is 0.337 e. The number of benzene rings is 1. The summed E-state index contributed by atoms with van der Waals surface area (Å²) in [4.78, 5) is 11.0. The van der Waals surface area contributed by atoms with E-state index in [2.05, 4.69) is 0 Å². The summed E-state index contributed by atoms with van der Waals surface area (Å²) in [6.45, 7) is 5.26. The minimum Gasteiger partial charge on any atom is -0.479 e. The van der Waals surface area contributed by atoms with Gasteiger partial charge in [0.25, 0.3) is 0 Å². The van der Waals surface area contributed by atoms with Crippen molar-refractivity contribution in [2.75, 3.05) is 0 Å². The second kappa shape index (κ2) is 4.61. The molecule has 0 aromatic heterocycles. The lowest BCUT2D eigenvalue weighted by molar-refractivity contribution is -0.160. The first-order valence-corrected chi connectivity index (χ1v) is 4.96. The van der Waals surface area contributed by atoms with Gasteiger partial charge in [0.05, 0.1) is 5.60 Å². The molecule has 1 aromatic rings. The fourth-order valence-corrected chi connectivity index (χ4v) is 1.28. The summed E-state index contributed by atoms with van der Waals surface area (Å²) in [5, 5.41) is 9.03. The zero-order valence-corrected chi connectivity index (χ0v) is 9.53. The predicted molar refractivity (Wildman–Crippen MR) is 57.6 cm³/mol. The Hall–Kier alpha value is -1.42. The van der Waals surface area contributed by atoms with Gasteiger partial charge in [-0.2, -0.15) is 0 Å². The monoisotopic (exact) mass is 226 g/mol. The van der Waals surface area contributed by atoms with Crippen LogP contribution in [-0.2, 0) is 9.53 Å². The topological polar surface area (TPSA) is 46.5 Å². The second-order valence-electron chi connectivity index (χ2n) is 4.50. The van der Waals surface area contributed by atoms with Crippen LogP contribution in [0.25, 0.3) is 0 Å². The lowest BCUT2D eigenvalue weighted by Crippen LogP contribution is -2.27. The molecule has 4 heteroatoms. The molecule has 88 valence electrons. The van der Waals surface area contributed by atoms with Crippen LogP contribution in [0.1, 0.15) is 32.4 Å². The van der Waals surface area contributed by atoms with Crippen molar-refractivity contribution in [3.8, 4) is 0 Å². The highest BCUT2D eigenvalue weighted by molar-refractivity contribution is 5.74. The Morgan fingerprint density at radius 1 is 1.44 bits per heavy atom. The van der Waals surface area contributed by atoms with Crippen LogP contribution in [0.5, 0.6) is 0 Å². The molecule has 0 saturated heterocycles. The lowest BCUT2D eigenvalue weighted by Gasteiger charge is -2.25. The van der Waals surface area contributed by atoms with Gasteiger partial charge in [0.2, 0.25) is 0 Å². The Kier molecular flexibility index (Phi) is 3.65. The molecule has 1 N–H and O–H groups in total. The number of hydrogen-bond donors (Lipinski definition) is 1. The number of carbonyl (C=O) groups is 1. The highest BCUT2D eigenvalue weighted by atomic mass is 19.1. The average molecular weight is 226 g/mol. The first-order chi connectivity index (χ1) is 7.29. The van der Waals surface area contributed by atoms with Crippen molar-refractivity contribution >= 4 is 5.97 Å². The molecule has 0 radical (unpaired) electrons. The van der Waals surface area contributed by atoms with Crippen molar-refractivity contribution in [3.63, 3.8) is 0 Å². The summed E-state index contributed by atoms with van der Waals surface area (Å²) in [6, 6.07) is 5.43. The molecule has 1 unspecified atom stereocenters. The molecule has 16 heavy (non-hydrogen) atoms. The van der Waals surface area contributed by atoms with Crippen molar-refractivity contribution in [1.82, 2.24) is 0 Å². The normalized spacial score (nSPS) is 13.5. The molecule has 0 amide bonds. The van der Waals surface area contributed by atoms with Gasteiger partial charge in [-0.25, -0.2) is 9.18 Å². The van der Waals surface area contributed by atoms with E-state index >= 15 is 0 Å². The van der Waals surface area contributed by atoms with E-state index in [4.69, 9.17) is 9.84 Å². The van der Waals surface area contributed by atoms with E-state index in [1.54, 1.807) is 20.8 Å². The first-order valence-electron chi connectivity index (χ1n) is 4.96. The first kappa shape index (κ1) is 12.6. The van der Waals surface area contributed by atoms with Gasteiger partial charge < -0.3 is 9.84 Å². The molecular weight excluding hydrogens is 211 g/mol. The molecule has 0 aliphatic heterocycles. The van der Waals surface area contributed by atoms with E-state index in [1.807, 2.05) is 0 Å². The Bertz CT molecular complexity index is 382. The van der Waals surface area contributed by atoms with Crippen molar-refractivity contribution in [2.24, 2.45) is 0 Å². The van der Waals surface area contributed by atoms with Gasteiger partial charge in [-0.1, -0.05) is 12.1 Å². The van der Waals surface area contributed by atoms with E-state index in [-0.39, 0.29) is 0 Å². The molecule has 3 nitrogen and oxygen atoms in total. The molecule has 0 spiro atoms. The van der Waals surface area contributed by atoms with Crippen molar-refractivity contribution < 1.29 is 19.0 Å².